The molecule has 0 aromatic heterocycles. The fourth-order valence-electron chi connectivity index (χ4n) is 4.09. The van der Waals surface area contributed by atoms with Gasteiger partial charge in [0.05, 0.1) is 13.0 Å². The molecule has 0 rings (SSSR count). The van der Waals surface area contributed by atoms with Gasteiger partial charge in [0.1, 0.15) is 0 Å². The first kappa shape index (κ1) is 41.3. The van der Waals surface area contributed by atoms with Crippen LogP contribution in [0, 0.1) is 0 Å². The minimum absolute atomic E-state index is 0. The Balaban J connectivity index is -0.00000544. The zero-order valence-electron chi connectivity index (χ0n) is 21.5. The molecule has 0 bridgehead atoms. The van der Waals surface area contributed by atoms with Crippen molar-refractivity contribution in [3.8, 4) is 0 Å². The third-order valence-corrected chi connectivity index (χ3v) is 7.30. The van der Waals surface area contributed by atoms with E-state index in [9.17, 15) is 18.0 Å². The maximum atomic E-state index is 11.7. The van der Waals surface area contributed by atoms with Gasteiger partial charge in [0.2, 0.25) is 0 Å². The number of hydrogen-bond donors (Lipinski definition) is 2. The molecule has 36 heavy (non-hydrogen) atoms. The second-order valence-corrected chi connectivity index (χ2v) is 11.1. The van der Waals surface area contributed by atoms with Crippen LogP contribution in [0.25, 0.3) is 0 Å². The Morgan fingerprint density at radius 3 is 1.22 bits per heavy atom. The van der Waals surface area contributed by atoms with Crippen molar-refractivity contribution in [2.75, 3.05) is 6.61 Å². The number of aliphatic carboxylic acids is 1. The van der Waals surface area contributed by atoms with Crippen LogP contribution in [0.2, 0.25) is 0 Å². The molecule has 0 aliphatic heterocycles. The average Bonchev–Trinajstić information content (AvgIpc) is 2.77. The summed E-state index contributed by atoms with van der Waals surface area (Å²) in [6.45, 7) is 2.29. The number of rotatable bonds is 25. The van der Waals surface area contributed by atoms with Crippen LogP contribution in [0.1, 0.15) is 142 Å². The third-order valence-electron chi connectivity index (χ3n) is 6.22. The van der Waals surface area contributed by atoms with E-state index >= 15 is 0 Å². The molecule has 0 amide bonds. The summed E-state index contributed by atoms with van der Waals surface area (Å²) in [5, 5.41) is 6.60. The number of carbonyl (C=O) groups is 2. The van der Waals surface area contributed by atoms with Crippen molar-refractivity contribution in [3.63, 3.8) is 0 Å². The molecule has 10 heteroatoms. The van der Waals surface area contributed by atoms with Crippen molar-refractivity contribution < 1.29 is 32.4 Å². The van der Waals surface area contributed by atoms with Crippen LogP contribution in [0.5, 0.6) is 0 Å². The van der Waals surface area contributed by atoms with E-state index in [0.717, 1.165) is 19.3 Å². The molecule has 0 aromatic rings. The molecule has 0 radical (unpaired) electrons. The van der Waals surface area contributed by atoms with Gasteiger partial charge in [-0.05, 0) is 6.42 Å². The second-order valence-electron chi connectivity index (χ2n) is 9.49. The molecule has 0 aromatic carbocycles. The zero-order chi connectivity index (χ0) is 25.5. The molecular formula is C26H52Na2O7S. The summed E-state index contributed by atoms with van der Waals surface area (Å²) in [4.78, 5) is 22.3. The fraction of sp³-hybridized carbons (Fsp3) is 0.923. The molecule has 0 spiro atoms. The number of hydrogen-bond acceptors (Lipinski definition) is 5. The van der Waals surface area contributed by atoms with Crippen molar-refractivity contribution in [2.24, 2.45) is 0 Å². The van der Waals surface area contributed by atoms with E-state index in [-0.39, 0.29) is 65.7 Å². The van der Waals surface area contributed by atoms with Gasteiger partial charge >= 0.3 is 71.1 Å². The molecule has 1 atom stereocenters. The molecule has 206 valence electrons. The Hall–Kier alpha value is 0.850. The summed E-state index contributed by atoms with van der Waals surface area (Å²) in [5.41, 5.74) is 0. The van der Waals surface area contributed by atoms with E-state index in [1.807, 2.05) is 0 Å². The van der Waals surface area contributed by atoms with Crippen LogP contribution in [-0.2, 0) is 24.4 Å². The van der Waals surface area contributed by atoms with E-state index in [1.54, 1.807) is 0 Å². The number of ether oxygens (including phenoxy) is 1. The summed E-state index contributed by atoms with van der Waals surface area (Å²) >= 11 is 0. The van der Waals surface area contributed by atoms with Gasteiger partial charge in [0.25, 0.3) is 10.1 Å². The minimum atomic E-state index is -4.79. The van der Waals surface area contributed by atoms with Crippen molar-refractivity contribution in [1.29, 1.82) is 0 Å². The summed E-state index contributed by atoms with van der Waals surface area (Å²) < 4.78 is 36.0. The van der Waals surface area contributed by atoms with E-state index in [0.29, 0.717) is 6.42 Å². The van der Waals surface area contributed by atoms with Crippen molar-refractivity contribution >= 4 is 81.2 Å². The van der Waals surface area contributed by atoms with E-state index < -0.39 is 33.7 Å². The first-order valence-electron chi connectivity index (χ1n) is 13.6. The molecule has 0 heterocycles. The Bertz CT molecular complexity index is 615. The molecule has 0 saturated carbocycles. The molecule has 0 aliphatic carbocycles. The number of unbranched alkanes of at least 4 members (excludes halogenated alkanes) is 19. The van der Waals surface area contributed by atoms with Crippen LogP contribution in [-0.4, -0.2) is 101 Å². The predicted octanol–water partition coefficient (Wildman–Crippen LogP) is 5.79. The average molecular weight is 555 g/mol. The molecule has 2 N–H and O–H groups in total. The van der Waals surface area contributed by atoms with E-state index in [4.69, 9.17) is 14.4 Å². The van der Waals surface area contributed by atoms with Crippen molar-refractivity contribution in [2.45, 2.75) is 147 Å². The molecule has 0 fully saturated rings. The zero-order valence-corrected chi connectivity index (χ0v) is 22.3. The summed E-state index contributed by atoms with van der Waals surface area (Å²) in [6, 6.07) is 0. The maximum absolute atomic E-state index is 11.7. The number of esters is 1. The molecule has 1 unspecified atom stereocenters. The first-order valence-corrected chi connectivity index (χ1v) is 15.1. The molecule has 0 saturated heterocycles. The molecule has 0 aliphatic rings. The standard InChI is InChI=1S/C26H50O7S.2Na.2H/c1-2-3-4-5-6-7-8-9-10-11-12-13-14-15-16-17-18-19-20-21-22-33-26(29)24(23-25(27)28)34(30,31)32;;;;/h24H,2-23H2,1H3,(H,27,28)(H,30,31,32);;;;. The van der Waals surface area contributed by atoms with Gasteiger partial charge in [-0.1, -0.05) is 129 Å². The topological polar surface area (TPSA) is 118 Å². The number of carboxylic acids is 1. The SMILES string of the molecule is CCCCCCCCCCCCCCCCCCCCCCOC(=O)C(CC(=O)O)S(=O)(=O)O.[NaH].[NaH]. The van der Waals surface area contributed by atoms with E-state index in [1.165, 1.54) is 103 Å². The number of carboxylic acid groups (broad SMARTS) is 1. The van der Waals surface area contributed by atoms with Gasteiger partial charge in [-0.25, -0.2) is 0 Å². The molecular weight excluding hydrogens is 502 g/mol. The van der Waals surface area contributed by atoms with Gasteiger partial charge < -0.3 is 9.84 Å². The van der Waals surface area contributed by atoms with Crippen LogP contribution in [0.4, 0.5) is 0 Å². The number of carbonyl (C=O) groups excluding carboxylic acids is 1. The Labute approximate surface area is 265 Å². The van der Waals surface area contributed by atoms with Crippen LogP contribution in [0.15, 0.2) is 0 Å². The van der Waals surface area contributed by atoms with Gasteiger partial charge in [-0.2, -0.15) is 8.42 Å². The quantitative estimate of drug-likeness (QED) is 0.0635. The van der Waals surface area contributed by atoms with Crippen LogP contribution < -0.4 is 0 Å². The van der Waals surface area contributed by atoms with Gasteiger partial charge in [0, 0.05) is 0 Å². The van der Waals surface area contributed by atoms with Gasteiger partial charge in [-0.15, -0.1) is 0 Å². The van der Waals surface area contributed by atoms with Crippen LogP contribution >= 0.6 is 0 Å². The van der Waals surface area contributed by atoms with Gasteiger partial charge in [0.15, 0.2) is 5.25 Å². The normalized spacial score (nSPS) is 11.8. The Morgan fingerprint density at radius 1 is 0.639 bits per heavy atom. The molecule has 7 nitrogen and oxygen atoms in total. The fourth-order valence-corrected chi connectivity index (χ4v) is 4.76. The first-order chi connectivity index (χ1) is 16.3. The third kappa shape index (κ3) is 27.9. The predicted molar refractivity (Wildman–Crippen MR) is 151 cm³/mol. The summed E-state index contributed by atoms with van der Waals surface area (Å²) in [6.07, 6.45) is 24.3. The monoisotopic (exact) mass is 554 g/mol. The van der Waals surface area contributed by atoms with Crippen LogP contribution in [0.3, 0.4) is 0 Å². The Morgan fingerprint density at radius 2 is 0.944 bits per heavy atom. The summed E-state index contributed by atoms with van der Waals surface area (Å²) in [5.74, 6) is -2.69. The van der Waals surface area contributed by atoms with Crippen molar-refractivity contribution in [3.05, 3.63) is 0 Å². The van der Waals surface area contributed by atoms with Crippen molar-refractivity contribution in [1.82, 2.24) is 0 Å². The van der Waals surface area contributed by atoms with Gasteiger partial charge in [-0.3, -0.25) is 14.1 Å². The Kier molecular flexibility index (Phi) is 33.1. The summed E-state index contributed by atoms with van der Waals surface area (Å²) in [7, 11) is -4.79. The second kappa shape index (κ2) is 28.8. The van der Waals surface area contributed by atoms with E-state index in [2.05, 4.69) is 6.92 Å².